The standard InChI is InChI=1S/C17H21N3O/c1-4-13-7-5-6-8-14(13)12-19-15-9-10-18-16(11-15)17(21)20(2)3/h5-11H,4,12H2,1-3H3,(H,18,19). The van der Waals surface area contributed by atoms with E-state index in [4.69, 9.17) is 0 Å². The molecule has 4 nitrogen and oxygen atoms in total. The molecule has 2 rings (SSSR count). The second kappa shape index (κ2) is 6.88. The smallest absolute Gasteiger partial charge is 0.272 e. The lowest BCUT2D eigenvalue weighted by molar-refractivity contribution is 0.0822. The number of aromatic nitrogens is 1. The molecule has 0 fully saturated rings. The van der Waals surface area contributed by atoms with Crippen LogP contribution in [0, 0.1) is 0 Å². The molecule has 1 amide bonds. The van der Waals surface area contributed by atoms with Crippen molar-refractivity contribution < 1.29 is 4.79 Å². The number of rotatable bonds is 5. The fourth-order valence-corrected chi connectivity index (χ4v) is 2.16. The SMILES string of the molecule is CCc1ccccc1CNc1ccnc(C(=O)N(C)C)c1. The van der Waals surface area contributed by atoms with Crippen LogP contribution in [-0.4, -0.2) is 29.9 Å². The predicted molar refractivity (Wildman–Crippen MR) is 85.4 cm³/mol. The molecule has 1 aromatic carbocycles. The molecule has 2 aromatic rings. The Balaban J connectivity index is 2.10. The van der Waals surface area contributed by atoms with E-state index in [1.54, 1.807) is 26.4 Å². The number of aryl methyl sites for hydroxylation is 1. The first-order valence-electron chi connectivity index (χ1n) is 7.10. The Hall–Kier alpha value is -2.36. The van der Waals surface area contributed by atoms with E-state index in [1.807, 2.05) is 12.1 Å². The Labute approximate surface area is 125 Å². The van der Waals surface area contributed by atoms with Crippen molar-refractivity contribution in [1.29, 1.82) is 0 Å². The average Bonchev–Trinajstić information content (AvgIpc) is 2.52. The minimum Gasteiger partial charge on any atom is -0.381 e. The quantitative estimate of drug-likeness (QED) is 0.917. The Kier molecular flexibility index (Phi) is 4.93. The molecule has 0 bridgehead atoms. The van der Waals surface area contributed by atoms with Crippen molar-refractivity contribution in [1.82, 2.24) is 9.88 Å². The number of amides is 1. The van der Waals surface area contributed by atoms with E-state index in [0.29, 0.717) is 5.69 Å². The van der Waals surface area contributed by atoms with Gasteiger partial charge in [0.15, 0.2) is 0 Å². The molecule has 0 aliphatic heterocycles. The minimum atomic E-state index is -0.0902. The van der Waals surface area contributed by atoms with E-state index in [1.165, 1.54) is 16.0 Å². The van der Waals surface area contributed by atoms with E-state index in [-0.39, 0.29) is 5.91 Å². The van der Waals surface area contributed by atoms with Crippen LogP contribution in [-0.2, 0) is 13.0 Å². The van der Waals surface area contributed by atoms with Crippen LogP contribution in [0.3, 0.4) is 0 Å². The van der Waals surface area contributed by atoms with E-state index in [0.717, 1.165) is 18.7 Å². The van der Waals surface area contributed by atoms with E-state index in [9.17, 15) is 4.79 Å². The number of nitrogens with zero attached hydrogens (tertiary/aromatic N) is 2. The zero-order valence-corrected chi connectivity index (χ0v) is 12.8. The van der Waals surface area contributed by atoms with Gasteiger partial charge in [0.25, 0.3) is 5.91 Å². The van der Waals surface area contributed by atoms with Crippen LogP contribution in [0.5, 0.6) is 0 Å². The van der Waals surface area contributed by atoms with Gasteiger partial charge >= 0.3 is 0 Å². The molecule has 21 heavy (non-hydrogen) atoms. The summed E-state index contributed by atoms with van der Waals surface area (Å²) in [5.74, 6) is -0.0902. The Bertz CT molecular complexity index is 623. The van der Waals surface area contributed by atoms with Crippen molar-refractivity contribution in [3.63, 3.8) is 0 Å². The van der Waals surface area contributed by atoms with Crippen LogP contribution in [0.2, 0.25) is 0 Å². The van der Waals surface area contributed by atoms with E-state index >= 15 is 0 Å². The maximum absolute atomic E-state index is 11.9. The van der Waals surface area contributed by atoms with Gasteiger partial charge in [-0.3, -0.25) is 9.78 Å². The molecule has 1 heterocycles. The highest BCUT2D eigenvalue weighted by Crippen LogP contribution is 2.14. The normalized spacial score (nSPS) is 10.2. The number of nitrogens with one attached hydrogen (secondary N) is 1. The third kappa shape index (κ3) is 3.81. The zero-order valence-electron chi connectivity index (χ0n) is 12.8. The summed E-state index contributed by atoms with van der Waals surface area (Å²) in [5, 5.41) is 3.36. The van der Waals surface area contributed by atoms with Crippen molar-refractivity contribution in [2.45, 2.75) is 19.9 Å². The van der Waals surface area contributed by atoms with Gasteiger partial charge in [0.05, 0.1) is 0 Å². The van der Waals surface area contributed by atoms with E-state index < -0.39 is 0 Å². The number of carbonyl (C=O) groups is 1. The van der Waals surface area contributed by atoms with Gasteiger partial charge in [0.1, 0.15) is 5.69 Å². The van der Waals surface area contributed by atoms with Crippen LogP contribution in [0.1, 0.15) is 28.5 Å². The monoisotopic (exact) mass is 283 g/mol. The maximum Gasteiger partial charge on any atom is 0.272 e. The highest BCUT2D eigenvalue weighted by Gasteiger charge is 2.09. The topological polar surface area (TPSA) is 45.2 Å². The summed E-state index contributed by atoms with van der Waals surface area (Å²) >= 11 is 0. The van der Waals surface area contributed by atoms with Crippen molar-refractivity contribution in [2.24, 2.45) is 0 Å². The van der Waals surface area contributed by atoms with Gasteiger partial charge in [-0.15, -0.1) is 0 Å². The lowest BCUT2D eigenvalue weighted by Gasteiger charge is -2.12. The fraction of sp³-hybridized carbons (Fsp3) is 0.294. The lowest BCUT2D eigenvalue weighted by Crippen LogP contribution is -2.22. The predicted octanol–water partition coefficient (Wildman–Crippen LogP) is 2.96. The highest BCUT2D eigenvalue weighted by molar-refractivity contribution is 5.92. The molecule has 0 aliphatic rings. The van der Waals surface area contributed by atoms with Gasteiger partial charge in [-0.05, 0) is 29.7 Å². The third-order valence-electron chi connectivity index (χ3n) is 3.37. The first kappa shape index (κ1) is 15.0. The summed E-state index contributed by atoms with van der Waals surface area (Å²) < 4.78 is 0. The molecule has 1 aromatic heterocycles. The minimum absolute atomic E-state index is 0.0902. The number of anilines is 1. The van der Waals surface area contributed by atoms with Gasteiger partial charge in [0, 0.05) is 32.5 Å². The van der Waals surface area contributed by atoms with Crippen LogP contribution in [0.4, 0.5) is 5.69 Å². The summed E-state index contributed by atoms with van der Waals surface area (Å²) in [4.78, 5) is 17.6. The lowest BCUT2D eigenvalue weighted by atomic mass is 10.1. The largest absolute Gasteiger partial charge is 0.381 e. The van der Waals surface area contributed by atoms with Gasteiger partial charge < -0.3 is 10.2 Å². The van der Waals surface area contributed by atoms with Crippen molar-refractivity contribution >= 4 is 11.6 Å². The number of carbonyl (C=O) groups excluding carboxylic acids is 1. The molecule has 0 saturated heterocycles. The first-order chi connectivity index (χ1) is 10.1. The molecule has 0 saturated carbocycles. The van der Waals surface area contributed by atoms with Gasteiger partial charge in [-0.2, -0.15) is 0 Å². The average molecular weight is 283 g/mol. The van der Waals surface area contributed by atoms with Gasteiger partial charge in [-0.1, -0.05) is 31.2 Å². The summed E-state index contributed by atoms with van der Waals surface area (Å²) in [6.45, 7) is 2.89. The van der Waals surface area contributed by atoms with Crippen LogP contribution in [0.15, 0.2) is 42.6 Å². The molecule has 0 unspecified atom stereocenters. The molecule has 0 aliphatic carbocycles. The van der Waals surface area contributed by atoms with Crippen molar-refractivity contribution in [2.75, 3.05) is 19.4 Å². The third-order valence-corrected chi connectivity index (χ3v) is 3.37. The van der Waals surface area contributed by atoms with Crippen molar-refractivity contribution in [3.8, 4) is 0 Å². The fourth-order valence-electron chi connectivity index (χ4n) is 2.16. The molecule has 4 heteroatoms. The van der Waals surface area contributed by atoms with E-state index in [2.05, 4.69) is 35.4 Å². The summed E-state index contributed by atoms with van der Waals surface area (Å²) in [7, 11) is 3.45. The highest BCUT2D eigenvalue weighted by atomic mass is 16.2. The molecule has 1 N–H and O–H groups in total. The zero-order chi connectivity index (χ0) is 15.2. The molecule has 0 radical (unpaired) electrons. The Morgan fingerprint density at radius 2 is 1.90 bits per heavy atom. The molecular weight excluding hydrogens is 262 g/mol. The second-order valence-corrected chi connectivity index (χ2v) is 5.11. The van der Waals surface area contributed by atoms with Gasteiger partial charge in [0.2, 0.25) is 0 Å². The molecule has 0 atom stereocenters. The maximum atomic E-state index is 11.9. The number of hydrogen-bond donors (Lipinski definition) is 1. The second-order valence-electron chi connectivity index (χ2n) is 5.11. The summed E-state index contributed by atoms with van der Waals surface area (Å²) in [6.07, 6.45) is 2.67. The molecular formula is C17H21N3O. The summed E-state index contributed by atoms with van der Waals surface area (Å²) in [5.41, 5.74) is 3.97. The summed E-state index contributed by atoms with van der Waals surface area (Å²) in [6, 6.07) is 12.0. The Morgan fingerprint density at radius 1 is 1.19 bits per heavy atom. The molecule has 0 spiro atoms. The number of pyridine rings is 1. The van der Waals surface area contributed by atoms with Crippen LogP contribution in [0.25, 0.3) is 0 Å². The number of hydrogen-bond acceptors (Lipinski definition) is 3. The van der Waals surface area contributed by atoms with Crippen LogP contribution < -0.4 is 5.32 Å². The van der Waals surface area contributed by atoms with Crippen molar-refractivity contribution in [3.05, 3.63) is 59.4 Å². The number of benzene rings is 1. The molecule has 110 valence electrons. The Morgan fingerprint density at radius 3 is 2.57 bits per heavy atom. The first-order valence-corrected chi connectivity index (χ1v) is 7.10. The van der Waals surface area contributed by atoms with Gasteiger partial charge in [-0.25, -0.2) is 0 Å². The van der Waals surface area contributed by atoms with Crippen LogP contribution >= 0.6 is 0 Å².